The molecule has 1 fully saturated rings. The molecule has 27 heavy (non-hydrogen) atoms. The summed E-state index contributed by atoms with van der Waals surface area (Å²) >= 11 is 9.38. The number of hydrogen-bond acceptors (Lipinski definition) is 5. The van der Waals surface area contributed by atoms with Gasteiger partial charge in [0.15, 0.2) is 5.13 Å². The van der Waals surface area contributed by atoms with E-state index in [4.69, 9.17) is 16.6 Å². The highest BCUT2D eigenvalue weighted by Gasteiger charge is 2.27. The van der Waals surface area contributed by atoms with Crippen molar-refractivity contribution in [1.82, 2.24) is 9.88 Å². The molecule has 2 heterocycles. The number of carbonyl (C=O) groups is 1. The molecule has 4 rings (SSSR count). The number of thiazole rings is 1. The van der Waals surface area contributed by atoms with E-state index in [-0.39, 0.29) is 16.5 Å². The molecule has 3 aromatic rings. The lowest BCUT2D eigenvalue weighted by Gasteiger charge is -2.34. The summed E-state index contributed by atoms with van der Waals surface area (Å²) in [5, 5.41) is 1.11. The lowest BCUT2D eigenvalue weighted by atomic mass is 10.1. The van der Waals surface area contributed by atoms with Crippen LogP contribution in [-0.2, 0) is 0 Å². The molecule has 140 valence electrons. The molecule has 0 unspecified atom stereocenters. The minimum atomic E-state index is -0.578. The van der Waals surface area contributed by atoms with Crippen molar-refractivity contribution in [3.63, 3.8) is 0 Å². The molecule has 1 aromatic heterocycles. The number of para-hydroxylation sites is 1. The number of aromatic nitrogens is 1. The molecule has 0 radical (unpaired) electrons. The van der Waals surface area contributed by atoms with Crippen LogP contribution in [-0.4, -0.2) is 48.2 Å². The van der Waals surface area contributed by atoms with Crippen LogP contribution < -0.4 is 4.90 Å². The second-order valence-corrected chi connectivity index (χ2v) is 8.44. The maximum absolute atomic E-state index is 14.0. The number of rotatable bonds is 3. The predicted octanol–water partition coefficient (Wildman–Crippen LogP) is 4.77. The minimum absolute atomic E-state index is 0.0442. The Kier molecular flexibility index (Phi) is 5.25. The topological polar surface area (TPSA) is 36.4 Å². The molecule has 0 N–H and O–H groups in total. The van der Waals surface area contributed by atoms with Gasteiger partial charge in [-0.2, -0.15) is 0 Å². The first kappa shape index (κ1) is 18.5. The second kappa shape index (κ2) is 7.66. The lowest BCUT2D eigenvalue weighted by Crippen LogP contribution is -2.49. The fraction of sp³-hybridized carbons (Fsp3) is 0.263. The molecule has 0 aliphatic carbocycles. The number of piperazine rings is 1. The van der Waals surface area contributed by atoms with Crippen LogP contribution in [0.25, 0.3) is 10.2 Å². The number of anilines is 1. The van der Waals surface area contributed by atoms with Gasteiger partial charge in [-0.1, -0.05) is 35.1 Å². The monoisotopic (exact) mass is 421 g/mol. The zero-order chi connectivity index (χ0) is 19.0. The summed E-state index contributed by atoms with van der Waals surface area (Å²) in [7, 11) is 0. The number of thioether (sulfide) groups is 1. The SMILES string of the molecule is CSc1cccc2sc(N3CCN(C(=O)c4c(F)cccc4Cl)CC3)nc12. The molecule has 0 saturated carbocycles. The van der Waals surface area contributed by atoms with Gasteiger partial charge in [0.05, 0.1) is 20.8 Å². The number of nitrogens with zero attached hydrogens (tertiary/aromatic N) is 3. The third kappa shape index (κ3) is 3.51. The Morgan fingerprint density at radius 2 is 1.93 bits per heavy atom. The third-order valence-corrected chi connectivity index (χ3v) is 6.77. The van der Waals surface area contributed by atoms with Crippen molar-refractivity contribution in [2.75, 3.05) is 37.3 Å². The zero-order valence-corrected chi connectivity index (χ0v) is 17.0. The number of benzene rings is 2. The van der Waals surface area contributed by atoms with Gasteiger partial charge in [0.2, 0.25) is 0 Å². The van der Waals surface area contributed by atoms with Crippen molar-refractivity contribution in [3.05, 3.63) is 52.8 Å². The highest BCUT2D eigenvalue weighted by Crippen LogP contribution is 2.34. The molecule has 1 aliphatic rings. The summed E-state index contributed by atoms with van der Waals surface area (Å²) in [5.41, 5.74) is 0.985. The van der Waals surface area contributed by atoms with E-state index in [1.165, 1.54) is 12.1 Å². The van der Waals surface area contributed by atoms with Crippen molar-refractivity contribution >= 4 is 56.0 Å². The van der Waals surface area contributed by atoms with Gasteiger partial charge in [-0.25, -0.2) is 9.37 Å². The molecular weight excluding hydrogens is 405 g/mol. The van der Waals surface area contributed by atoms with Gasteiger partial charge in [0.25, 0.3) is 5.91 Å². The standard InChI is InChI=1S/C19H17ClFN3OS2/c1-26-14-6-3-7-15-17(14)22-19(27-15)24-10-8-23(9-11-24)18(25)16-12(20)4-2-5-13(16)21/h2-7H,8-11H2,1H3. The van der Waals surface area contributed by atoms with Crippen molar-refractivity contribution < 1.29 is 9.18 Å². The first-order valence-electron chi connectivity index (χ1n) is 8.50. The van der Waals surface area contributed by atoms with Crippen LogP contribution in [0.2, 0.25) is 5.02 Å². The van der Waals surface area contributed by atoms with Crippen molar-refractivity contribution in [2.45, 2.75) is 4.90 Å². The summed E-state index contributed by atoms with van der Waals surface area (Å²) in [6, 6.07) is 10.5. The highest BCUT2D eigenvalue weighted by atomic mass is 35.5. The predicted molar refractivity (Wildman–Crippen MR) is 111 cm³/mol. The van der Waals surface area contributed by atoms with Crippen LogP contribution in [0.1, 0.15) is 10.4 Å². The van der Waals surface area contributed by atoms with Crippen LogP contribution >= 0.6 is 34.7 Å². The average molecular weight is 422 g/mol. The summed E-state index contributed by atoms with van der Waals surface area (Å²) in [4.78, 5) is 22.5. The van der Waals surface area contributed by atoms with Crippen LogP contribution in [0, 0.1) is 5.82 Å². The van der Waals surface area contributed by atoms with E-state index >= 15 is 0 Å². The third-order valence-electron chi connectivity index (χ3n) is 4.60. The van der Waals surface area contributed by atoms with Crippen LogP contribution in [0.15, 0.2) is 41.3 Å². The van der Waals surface area contributed by atoms with Gasteiger partial charge < -0.3 is 9.80 Å². The molecule has 8 heteroatoms. The highest BCUT2D eigenvalue weighted by molar-refractivity contribution is 7.98. The van der Waals surface area contributed by atoms with Crippen LogP contribution in [0.4, 0.5) is 9.52 Å². The number of fused-ring (bicyclic) bond motifs is 1. The first-order chi connectivity index (χ1) is 13.1. The van der Waals surface area contributed by atoms with Gasteiger partial charge in [-0.05, 0) is 30.5 Å². The molecule has 1 aliphatic heterocycles. The molecule has 2 aromatic carbocycles. The molecule has 4 nitrogen and oxygen atoms in total. The molecule has 0 atom stereocenters. The number of amides is 1. The van der Waals surface area contributed by atoms with E-state index in [0.29, 0.717) is 26.2 Å². The lowest BCUT2D eigenvalue weighted by molar-refractivity contribution is 0.0742. The van der Waals surface area contributed by atoms with Crippen molar-refractivity contribution in [2.24, 2.45) is 0 Å². The Labute approximate surface area is 169 Å². The molecular formula is C19H17ClFN3OS2. The second-order valence-electron chi connectivity index (χ2n) is 6.18. The van der Waals surface area contributed by atoms with E-state index in [2.05, 4.69) is 17.0 Å². The van der Waals surface area contributed by atoms with Crippen LogP contribution in [0.5, 0.6) is 0 Å². The normalized spacial score (nSPS) is 14.8. The van der Waals surface area contributed by atoms with Crippen molar-refractivity contribution in [1.29, 1.82) is 0 Å². The van der Waals surface area contributed by atoms with E-state index in [0.717, 1.165) is 20.2 Å². The number of halogens is 2. The molecule has 0 bridgehead atoms. The molecule has 1 amide bonds. The smallest absolute Gasteiger partial charge is 0.258 e. The fourth-order valence-electron chi connectivity index (χ4n) is 3.17. The Bertz CT molecular complexity index is 982. The summed E-state index contributed by atoms with van der Waals surface area (Å²) in [5.74, 6) is -0.933. The van der Waals surface area contributed by atoms with E-state index < -0.39 is 5.82 Å². The maximum atomic E-state index is 14.0. The Hall–Kier alpha value is -1.83. The first-order valence-corrected chi connectivity index (χ1v) is 10.9. The Morgan fingerprint density at radius 3 is 2.63 bits per heavy atom. The van der Waals surface area contributed by atoms with Crippen LogP contribution in [0.3, 0.4) is 0 Å². The van der Waals surface area contributed by atoms with Crippen molar-refractivity contribution in [3.8, 4) is 0 Å². The molecule has 0 spiro atoms. The molecule has 1 saturated heterocycles. The van der Waals surface area contributed by atoms with Gasteiger partial charge in [0, 0.05) is 31.1 Å². The van der Waals surface area contributed by atoms with Gasteiger partial charge in [0.1, 0.15) is 5.82 Å². The fourth-order valence-corrected chi connectivity index (χ4v) is 5.09. The largest absolute Gasteiger partial charge is 0.345 e. The van der Waals surface area contributed by atoms with Gasteiger partial charge in [-0.3, -0.25) is 4.79 Å². The average Bonchev–Trinajstić information content (AvgIpc) is 3.12. The van der Waals surface area contributed by atoms with Gasteiger partial charge >= 0.3 is 0 Å². The Morgan fingerprint density at radius 1 is 1.19 bits per heavy atom. The van der Waals surface area contributed by atoms with E-state index in [1.807, 2.05) is 12.3 Å². The summed E-state index contributed by atoms with van der Waals surface area (Å²) in [6.07, 6.45) is 2.05. The summed E-state index contributed by atoms with van der Waals surface area (Å²) in [6.45, 7) is 2.34. The Balaban J connectivity index is 1.50. The number of carbonyl (C=O) groups excluding carboxylic acids is 1. The maximum Gasteiger partial charge on any atom is 0.258 e. The summed E-state index contributed by atoms with van der Waals surface area (Å²) < 4.78 is 15.2. The number of hydrogen-bond donors (Lipinski definition) is 0. The zero-order valence-electron chi connectivity index (χ0n) is 14.6. The van der Waals surface area contributed by atoms with E-state index in [9.17, 15) is 9.18 Å². The van der Waals surface area contributed by atoms with Gasteiger partial charge in [-0.15, -0.1) is 11.8 Å². The van der Waals surface area contributed by atoms with E-state index in [1.54, 1.807) is 34.1 Å². The minimum Gasteiger partial charge on any atom is -0.345 e. The quantitative estimate of drug-likeness (QED) is 0.570.